The molecule has 8 heteroatoms. The highest BCUT2D eigenvalue weighted by Gasteiger charge is 2.25. The zero-order valence-electron chi connectivity index (χ0n) is 16.6. The van der Waals surface area contributed by atoms with Gasteiger partial charge in [-0.3, -0.25) is 4.99 Å². The number of nitrogens with zero attached hydrogens (tertiary/aromatic N) is 2. The lowest BCUT2D eigenvalue weighted by Gasteiger charge is -2.26. The molecule has 0 atom stereocenters. The number of aliphatic imine (C=N–C) groups is 1. The highest BCUT2D eigenvalue weighted by molar-refractivity contribution is 7.89. The van der Waals surface area contributed by atoms with Gasteiger partial charge < -0.3 is 10.6 Å². The van der Waals surface area contributed by atoms with Crippen LogP contribution in [0.4, 0.5) is 0 Å². The summed E-state index contributed by atoms with van der Waals surface area (Å²) >= 11 is 6.19. The second kappa shape index (κ2) is 10.1. The van der Waals surface area contributed by atoms with Crippen molar-refractivity contribution in [3.8, 4) is 0 Å². The molecule has 2 aromatic carbocycles. The maximum absolute atomic E-state index is 12.9. The molecule has 0 unspecified atom stereocenters. The molecule has 29 heavy (non-hydrogen) atoms. The molecule has 3 rings (SSSR count). The Bertz CT molecular complexity index is 957. The van der Waals surface area contributed by atoms with Crippen LogP contribution in [0.25, 0.3) is 0 Å². The average Bonchev–Trinajstić information content (AvgIpc) is 2.76. The minimum Gasteiger partial charge on any atom is -0.352 e. The van der Waals surface area contributed by atoms with E-state index in [1.165, 1.54) is 0 Å². The van der Waals surface area contributed by atoms with Gasteiger partial charge in [0.1, 0.15) is 0 Å². The monoisotopic (exact) mass is 434 g/mol. The van der Waals surface area contributed by atoms with Gasteiger partial charge in [0.2, 0.25) is 10.0 Å². The van der Waals surface area contributed by atoms with E-state index in [4.69, 9.17) is 11.6 Å². The zero-order chi connectivity index (χ0) is 20.7. The lowest BCUT2D eigenvalue weighted by molar-refractivity contribution is 0.346. The number of piperidine rings is 1. The molecule has 1 aliphatic heterocycles. The molecular formula is C21H27ClN4O2S. The highest BCUT2D eigenvalue weighted by Crippen LogP contribution is 2.21. The third kappa shape index (κ3) is 5.72. The van der Waals surface area contributed by atoms with Crippen LogP contribution in [0.2, 0.25) is 5.02 Å². The van der Waals surface area contributed by atoms with Crippen LogP contribution in [0.1, 0.15) is 30.4 Å². The molecule has 156 valence electrons. The predicted molar refractivity (Wildman–Crippen MR) is 118 cm³/mol. The first-order valence-electron chi connectivity index (χ1n) is 9.78. The highest BCUT2D eigenvalue weighted by atomic mass is 35.5. The van der Waals surface area contributed by atoms with Crippen molar-refractivity contribution >= 4 is 27.6 Å². The first-order chi connectivity index (χ1) is 14.0. The third-order valence-electron chi connectivity index (χ3n) is 4.94. The number of halogens is 1. The third-order valence-corrected chi connectivity index (χ3v) is 7.20. The van der Waals surface area contributed by atoms with Gasteiger partial charge in [-0.15, -0.1) is 0 Å². The van der Waals surface area contributed by atoms with E-state index in [1.807, 2.05) is 30.3 Å². The molecule has 0 spiro atoms. The molecule has 2 N–H and O–H groups in total. The molecule has 2 aromatic rings. The van der Waals surface area contributed by atoms with E-state index in [0.29, 0.717) is 42.1 Å². The van der Waals surface area contributed by atoms with Gasteiger partial charge in [-0.05, 0) is 42.2 Å². The van der Waals surface area contributed by atoms with Crippen molar-refractivity contribution in [2.45, 2.75) is 37.2 Å². The lowest BCUT2D eigenvalue weighted by atomic mass is 10.2. The summed E-state index contributed by atoms with van der Waals surface area (Å²) < 4.78 is 27.4. The minimum atomic E-state index is -3.43. The Morgan fingerprint density at radius 1 is 1.03 bits per heavy atom. The van der Waals surface area contributed by atoms with E-state index < -0.39 is 10.0 Å². The fourth-order valence-electron chi connectivity index (χ4n) is 3.30. The number of benzene rings is 2. The Hall–Kier alpha value is -2.09. The Morgan fingerprint density at radius 2 is 1.76 bits per heavy atom. The van der Waals surface area contributed by atoms with Crippen LogP contribution in [0, 0.1) is 0 Å². The molecule has 1 heterocycles. The van der Waals surface area contributed by atoms with Gasteiger partial charge in [-0.25, -0.2) is 8.42 Å². The molecule has 6 nitrogen and oxygen atoms in total. The number of hydrogen-bond acceptors (Lipinski definition) is 3. The first kappa shape index (κ1) is 21.6. The van der Waals surface area contributed by atoms with Crippen molar-refractivity contribution in [1.82, 2.24) is 14.9 Å². The summed E-state index contributed by atoms with van der Waals surface area (Å²) in [4.78, 5) is 4.56. The van der Waals surface area contributed by atoms with E-state index >= 15 is 0 Å². The number of guanidine groups is 1. The van der Waals surface area contributed by atoms with E-state index in [-0.39, 0.29) is 0 Å². The first-order valence-corrected chi connectivity index (χ1v) is 11.6. The van der Waals surface area contributed by atoms with Crippen LogP contribution in [0.15, 0.2) is 58.4 Å². The van der Waals surface area contributed by atoms with Gasteiger partial charge >= 0.3 is 0 Å². The van der Waals surface area contributed by atoms with Crippen molar-refractivity contribution in [1.29, 1.82) is 0 Å². The van der Waals surface area contributed by atoms with Crippen LogP contribution in [-0.2, 0) is 23.1 Å². The summed E-state index contributed by atoms with van der Waals surface area (Å²) in [6.45, 7) is 2.21. The summed E-state index contributed by atoms with van der Waals surface area (Å²) in [5, 5.41) is 7.14. The second-order valence-corrected chi connectivity index (χ2v) is 9.33. The molecule has 0 saturated carbocycles. The maximum Gasteiger partial charge on any atom is 0.243 e. The molecule has 0 amide bonds. The number of hydrogen-bond donors (Lipinski definition) is 2. The summed E-state index contributed by atoms with van der Waals surface area (Å²) in [5.74, 6) is 0.620. The molecule has 0 radical (unpaired) electrons. The Morgan fingerprint density at radius 3 is 2.48 bits per heavy atom. The summed E-state index contributed by atoms with van der Waals surface area (Å²) in [5.41, 5.74) is 1.86. The normalized spacial score (nSPS) is 15.9. The van der Waals surface area contributed by atoms with Crippen LogP contribution in [0.5, 0.6) is 0 Å². The van der Waals surface area contributed by atoms with E-state index in [0.717, 1.165) is 30.4 Å². The molecule has 0 aromatic heterocycles. The van der Waals surface area contributed by atoms with Crippen molar-refractivity contribution in [2.75, 3.05) is 20.1 Å². The van der Waals surface area contributed by atoms with Crippen LogP contribution in [-0.4, -0.2) is 38.8 Å². The standard InChI is InChI=1S/C21H27ClN4O2S/c1-23-21(25-16-18-9-3-4-11-20(18)22)24-15-17-8-7-10-19(14-17)29(27,28)26-12-5-2-6-13-26/h3-4,7-11,14H,2,5-6,12-13,15-16H2,1H3,(H2,23,24,25). The van der Waals surface area contributed by atoms with E-state index in [2.05, 4.69) is 15.6 Å². The largest absolute Gasteiger partial charge is 0.352 e. The number of sulfonamides is 1. The van der Waals surface area contributed by atoms with Crippen LogP contribution >= 0.6 is 11.6 Å². The van der Waals surface area contributed by atoms with Gasteiger partial charge in [-0.2, -0.15) is 4.31 Å². The quantitative estimate of drug-likeness (QED) is 0.540. The van der Waals surface area contributed by atoms with E-state index in [9.17, 15) is 8.42 Å². The van der Waals surface area contributed by atoms with Crippen LogP contribution in [0.3, 0.4) is 0 Å². The number of rotatable bonds is 6. The topological polar surface area (TPSA) is 73.8 Å². The summed E-state index contributed by atoms with van der Waals surface area (Å²) in [6.07, 6.45) is 2.94. The predicted octanol–water partition coefficient (Wildman–Crippen LogP) is 3.38. The lowest BCUT2D eigenvalue weighted by Crippen LogP contribution is -2.37. The molecular weight excluding hydrogens is 408 g/mol. The van der Waals surface area contributed by atoms with Gasteiger partial charge in [0.05, 0.1) is 4.90 Å². The van der Waals surface area contributed by atoms with Gasteiger partial charge in [0, 0.05) is 38.2 Å². The SMILES string of the molecule is CN=C(NCc1cccc(S(=O)(=O)N2CCCCC2)c1)NCc1ccccc1Cl. The van der Waals surface area contributed by atoms with Crippen LogP contribution < -0.4 is 10.6 Å². The van der Waals surface area contributed by atoms with Gasteiger partial charge in [-0.1, -0.05) is 48.4 Å². The Kier molecular flexibility index (Phi) is 7.52. The van der Waals surface area contributed by atoms with Crippen molar-refractivity contribution in [2.24, 2.45) is 4.99 Å². The van der Waals surface area contributed by atoms with Crippen molar-refractivity contribution in [3.05, 3.63) is 64.7 Å². The summed E-state index contributed by atoms with van der Waals surface area (Å²) in [7, 11) is -1.74. The zero-order valence-corrected chi connectivity index (χ0v) is 18.1. The van der Waals surface area contributed by atoms with E-state index in [1.54, 1.807) is 29.6 Å². The molecule has 1 aliphatic rings. The number of nitrogens with one attached hydrogen (secondary N) is 2. The summed E-state index contributed by atoms with van der Waals surface area (Å²) in [6, 6.07) is 14.7. The van der Waals surface area contributed by atoms with Gasteiger partial charge in [0.25, 0.3) is 0 Å². The molecule has 1 fully saturated rings. The Labute approximate surface area is 178 Å². The Balaban J connectivity index is 1.61. The molecule has 0 bridgehead atoms. The maximum atomic E-state index is 12.9. The van der Waals surface area contributed by atoms with Crippen molar-refractivity contribution in [3.63, 3.8) is 0 Å². The molecule has 1 saturated heterocycles. The fourth-order valence-corrected chi connectivity index (χ4v) is 5.09. The smallest absolute Gasteiger partial charge is 0.243 e. The average molecular weight is 435 g/mol. The van der Waals surface area contributed by atoms with Crippen molar-refractivity contribution < 1.29 is 8.42 Å². The minimum absolute atomic E-state index is 0.345. The van der Waals surface area contributed by atoms with Gasteiger partial charge in [0.15, 0.2) is 5.96 Å². The second-order valence-electron chi connectivity index (χ2n) is 6.98. The molecule has 0 aliphatic carbocycles. The fraction of sp³-hybridized carbons (Fsp3) is 0.381.